The molecule has 0 spiro atoms. The van der Waals surface area contributed by atoms with Crippen LogP contribution in [0.4, 0.5) is 0 Å². The fourth-order valence-electron chi connectivity index (χ4n) is 1.60. The summed E-state index contributed by atoms with van der Waals surface area (Å²) in [6, 6.07) is 6.03. The normalized spacial score (nSPS) is 17.5. The molecule has 0 aliphatic heterocycles. The van der Waals surface area contributed by atoms with Crippen LogP contribution in [0.15, 0.2) is 18.2 Å². The van der Waals surface area contributed by atoms with Gasteiger partial charge < -0.3 is 9.84 Å². The first-order chi connectivity index (χ1) is 7.16. The van der Waals surface area contributed by atoms with E-state index in [1.54, 1.807) is 0 Å². The van der Waals surface area contributed by atoms with Crippen molar-refractivity contribution in [3.63, 3.8) is 0 Å². The van der Waals surface area contributed by atoms with Gasteiger partial charge in [0.15, 0.2) is 0 Å². The molecule has 1 unspecified atom stereocenters. The van der Waals surface area contributed by atoms with E-state index in [4.69, 9.17) is 4.74 Å². The predicted octanol–water partition coefficient (Wildman–Crippen LogP) is 2.45. The molecule has 2 nitrogen and oxygen atoms in total. The molecule has 82 valence electrons. The van der Waals surface area contributed by atoms with Crippen LogP contribution in [0.1, 0.15) is 24.0 Å². The number of rotatable bonds is 4. The maximum atomic E-state index is 9.65. The SMILES string of the molecule is Cc1ccc(OCC(O)C2CC2)cc1C. The van der Waals surface area contributed by atoms with E-state index in [9.17, 15) is 5.11 Å². The minimum Gasteiger partial charge on any atom is -0.491 e. The van der Waals surface area contributed by atoms with Crippen LogP contribution in [0.2, 0.25) is 0 Å². The summed E-state index contributed by atoms with van der Waals surface area (Å²) < 4.78 is 5.55. The Morgan fingerprint density at radius 3 is 2.67 bits per heavy atom. The molecule has 0 aromatic heterocycles. The monoisotopic (exact) mass is 206 g/mol. The zero-order valence-corrected chi connectivity index (χ0v) is 9.36. The summed E-state index contributed by atoms with van der Waals surface area (Å²) in [7, 11) is 0. The van der Waals surface area contributed by atoms with Crippen molar-refractivity contribution in [3.8, 4) is 5.75 Å². The summed E-state index contributed by atoms with van der Waals surface area (Å²) in [4.78, 5) is 0. The second-order valence-electron chi connectivity index (χ2n) is 4.46. The Morgan fingerprint density at radius 2 is 2.07 bits per heavy atom. The molecule has 1 aliphatic rings. The van der Waals surface area contributed by atoms with Crippen LogP contribution in [0, 0.1) is 19.8 Å². The molecule has 2 rings (SSSR count). The predicted molar refractivity (Wildman–Crippen MR) is 60.1 cm³/mol. The van der Waals surface area contributed by atoms with Gasteiger partial charge in [-0.2, -0.15) is 0 Å². The number of benzene rings is 1. The van der Waals surface area contributed by atoms with Crippen molar-refractivity contribution in [3.05, 3.63) is 29.3 Å². The van der Waals surface area contributed by atoms with E-state index in [1.165, 1.54) is 11.1 Å². The maximum Gasteiger partial charge on any atom is 0.119 e. The van der Waals surface area contributed by atoms with E-state index in [2.05, 4.69) is 13.8 Å². The third kappa shape index (κ3) is 2.72. The zero-order chi connectivity index (χ0) is 10.8. The first-order valence-corrected chi connectivity index (χ1v) is 5.55. The van der Waals surface area contributed by atoms with Gasteiger partial charge in [0.05, 0.1) is 6.10 Å². The second-order valence-corrected chi connectivity index (χ2v) is 4.46. The summed E-state index contributed by atoms with van der Waals surface area (Å²) in [5, 5.41) is 9.65. The van der Waals surface area contributed by atoms with Crippen LogP contribution in [0.3, 0.4) is 0 Å². The summed E-state index contributed by atoms with van der Waals surface area (Å²) >= 11 is 0. The first kappa shape index (κ1) is 10.5. The molecule has 15 heavy (non-hydrogen) atoms. The van der Waals surface area contributed by atoms with Crippen LogP contribution in [-0.4, -0.2) is 17.8 Å². The molecule has 1 saturated carbocycles. The van der Waals surface area contributed by atoms with Gasteiger partial charge in [-0.25, -0.2) is 0 Å². The Balaban J connectivity index is 1.89. The average molecular weight is 206 g/mol. The molecule has 0 heterocycles. The second kappa shape index (κ2) is 4.23. The van der Waals surface area contributed by atoms with Gasteiger partial charge in [0, 0.05) is 0 Å². The minimum absolute atomic E-state index is 0.286. The fourth-order valence-corrected chi connectivity index (χ4v) is 1.60. The topological polar surface area (TPSA) is 29.5 Å². The van der Waals surface area contributed by atoms with Crippen LogP contribution in [0.5, 0.6) is 5.75 Å². The molecule has 1 aliphatic carbocycles. The van der Waals surface area contributed by atoms with Gasteiger partial charge in [-0.05, 0) is 55.9 Å². The van der Waals surface area contributed by atoms with Gasteiger partial charge in [0.2, 0.25) is 0 Å². The van der Waals surface area contributed by atoms with Gasteiger partial charge in [0.25, 0.3) is 0 Å². The highest BCUT2D eigenvalue weighted by Gasteiger charge is 2.29. The quantitative estimate of drug-likeness (QED) is 0.820. The number of hydrogen-bond donors (Lipinski definition) is 1. The van der Waals surface area contributed by atoms with E-state index in [0.717, 1.165) is 18.6 Å². The van der Waals surface area contributed by atoms with Gasteiger partial charge in [-0.15, -0.1) is 0 Å². The molecule has 1 N–H and O–H groups in total. The third-order valence-electron chi connectivity index (χ3n) is 3.07. The third-order valence-corrected chi connectivity index (χ3v) is 3.07. The highest BCUT2D eigenvalue weighted by Crippen LogP contribution is 2.32. The number of aliphatic hydroxyl groups excluding tert-OH is 1. The van der Waals surface area contributed by atoms with Crippen molar-refractivity contribution in [1.82, 2.24) is 0 Å². The molecule has 1 fully saturated rings. The number of ether oxygens (including phenoxy) is 1. The lowest BCUT2D eigenvalue weighted by Crippen LogP contribution is -2.19. The lowest BCUT2D eigenvalue weighted by Gasteiger charge is -2.12. The smallest absolute Gasteiger partial charge is 0.119 e. The van der Waals surface area contributed by atoms with Crippen molar-refractivity contribution in [2.45, 2.75) is 32.8 Å². The number of hydrogen-bond acceptors (Lipinski definition) is 2. The van der Waals surface area contributed by atoms with E-state index in [0.29, 0.717) is 12.5 Å². The first-order valence-electron chi connectivity index (χ1n) is 5.55. The van der Waals surface area contributed by atoms with Crippen LogP contribution < -0.4 is 4.74 Å². The van der Waals surface area contributed by atoms with Crippen molar-refractivity contribution in [2.24, 2.45) is 5.92 Å². The van der Waals surface area contributed by atoms with E-state index < -0.39 is 0 Å². The number of aryl methyl sites for hydroxylation is 2. The molecule has 1 aromatic carbocycles. The standard InChI is InChI=1S/C13H18O2/c1-9-3-6-12(7-10(9)2)15-8-13(14)11-4-5-11/h3,6-7,11,13-14H,4-5,8H2,1-2H3. The van der Waals surface area contributed by atoms with E-state index in [1.807, 2.05) is 18.2 Å². The van der Waals surface area contributed by atoms with Crippen molar-refractivity contribution < 1.29 is 9.84 Å². The lowest BCUT2D eigenvalue weighted by atomic mass is 10.1. The number of aliphatic hydroxyl groups is 1. The summed E-state index contributed by atoms with van der Waals surface area (Å²) in [6.45, 7) is 4.57. The Bertz CT molecular complexity index is 342. The highest BCUT2D eigenvalue weighted by molar-refractivity contribution is 5.33. The summed E-state index contributed by atoms with van der Waals surface area (Å²) in [6.07, 6.45) is 2.01. The molecule has 2 heteroatoms. The largest absolute Gasteiger partial charge is 0.491 e. The Kier molecular flexibility index (Phi) is 2.96. The molecule has 1 atom stereocenters. The molecule has 0 amide bonds. The van der Waals surface area contributed by atoms with Gasteiger partial charge in [-0.1, -0.05) is 6.07 Å². The van der Waals surface area contributed by atoms with Crippen molar-refractivity contribution in [2.75, 3.05) is 6.61 Å². The Labute approximate surface area is 90.9 Å². The van der Waals surface area contributed by atoms with Crippen LogP contribution >= 0.6 is 0 Å². The van der Waals surface area contributed by atoms with Gasteiger partial charge in [0.1, 0.15) is 12.4 Å². The van der Waals surface area contributed by atoms with E-state index in [-0.39, 0.29) is 6.10 Å². The summed E-state index contributed by atoms with van der Waals surface area (Å²) in [5.41, 5.74) is 2.50. The molecule has 0 bridgehead atoms. The lowest BCUT2D eigenvalue weighted by molar-refractivity contribution is 0.0894. The van der Waals surface area contributed by atoms with Crippen LogP contribution in [-0.2, 0) is 0 Å². The zero-order valence-electron chi connectivity index (χ0n) is 9.36. The molecule has 0 saturated heterocycles. The molecular weight excluding hydrogens is 188 g/mol. The van der Waals surface area contributed by atoms with Crippen molar-refractivity contribution in [1.29, 1.82) is 0 Å². The molecular formula is C13H18O2. The van der Waals surface area contributed by atoms with Gasteiger partial charge in [-0.3, -0.25) is 0 Å². The van der Waals surface area contributed by atoms with Crippen LogP contribution in [0.25, 0.3) is 0 Å². The minimum atomic E-state index is -0.286. The Hall–Kier alpha value is -1.02. The van der Waals surface area contributed by atoms with E-state index >= 15 is 0 Å². The molecule has 0 radical (unpaired) electrons. The summed E-state index contributed by atoms with van der Waals surface area (Å²) in [5.74, 6) is 1.34. The van der Waals surface area contributed by atoms with Gasteiger partial charge >= 0.3 is 0 Å². The Morgan fingerprint density at radius 1 is 1.33 bits per heavy atom. The fraction of sp³-hybridized carbons (Fsp3) is 0.538. The highest BCUT2D eigenvalue weighted by atomic mass is 16.5. The average Bonchev–Trinajstić information content (AvgIpc) is 3.03. The van der Waals surface area contributed by atoms with Crippen molar-refractivity contribution >= 4 is 0 Å². The molecule has 1 aromatic rings. The maximum absolute atomic E-state index is 9.65.